The first-order chi connectivity index (χ1) is 14.4. The fourth-order valence-electron chi connectivity index (χ4n) is 3.42. The Bertz CT molecular complexity index is 1210. The maximum absolute atomic E-state index is 12.8. The zero-order chi connectivity index (χ0) is 21.3. The highest BCUT2D eigenvalue weighted by atomic mass is 35.5. The first-order valence-electron chi connectivity index (χ1n) is 9.45. The van der Waals surface area contributed by atoms with Crippen molar-refractivity contribution in [3.8, 4) is 22.5 Å². The number of carbonyl (C=O) groups excluding carboxylic acids is 1. The zero-order valence-electron chi connectivity index (χ0n) is 16.5. The van der Waals surface area contributed by atoms with Crippen LogP contribution in [0, 0.1) is 13.8 Å². The predicted octanol–water partition coefficient (Wildman–Crippen LogP) is 7.79. The second-order valence-corrected chi connectivity index (χ2v) is 7.94. The lowest BCUT2D eigenvalue weighted by Crippen LogP contribution is -2.13. The Morgan fingerprint density at radius 1 is 0.833 bits per heavy atom. The minimum Gasteiger partial charge on any atom is -0.451 e. The molecule has 30 heavy (non-hydrogen) atoms. The van der Waals surface area contributed by atoms with Gasteiger partial charge in [0.15, 0.2) is 5.76 Å². The summed E-state index contributed by atoms with van der Waals surface area (Å²) in [6.45, 7) is 3.96. The second-order valence-electron chi connectivity index (χ2n) is 7.09. The van der Waals surface area contributed by atoms with Gasteiger partial charge < -0.3 is 9.73 Å². The molecule has 3 aromatic carbocycles. The number of benzene rings is 3. The van der Waals surface area contributed by atoms with E-state index in [4.69, 9.17) is 27.6 Å². The Labute approximate surface area is 185 Å². The molecule has 0 saturated carbocycles. The van der Waals surface area contributed by atoms with E-state index >= 15 is 0 Å². The minimum atomic E-state index is -0.321. The van der Waals surface area contributed by atoms with E-state index in [0.29, 0.717) is 21.4 Å². The Morgan fingerprint density at radius 3 is 2.23 bits per heavy atom. The molecule has 4 aromatic rings. The predicted molar refractivity (Wildman–Crippen MR) is 123 cm³/mol. The van der Waals surface area contributed by atoms with Crippen molar-refractivity contribution in [2.45, 2.75) is 13.8 Å². The molecule has 3 nitrogen and oxygen atoms in total. The van der Waals surface area contributed by atoms with Crippen LogP contribution in [0.4, 0.5) is 5.69 Å². The van der Waals surface area contributed by atoms with Crippen molar-refractivity contribution in [3.05, 3.63) is 99.7 Å². The van der Waals surface area contributed by atoms with Gasteiger partial charge in [-0.15, -0.1) is 0 Å². The quantitative estimate of drug-likeness (QED) is 0.355. The van der Waals surface area contributed by atoms with Gasteiger partial charge >= 0.3 is 0 Å². The average molecular weight is 436 g/mol. The molecule has 5 heteroatoms. The van der Waals surface area contributed by atoms with Gasteiger partial charge in [0.25, 0.3) is 5.91 Å². The van der Waals surface area contributed by atoms with E-state index in [2.05, 4.69) is 29.6 Å². The maximum atomic E-state index is 12.8. The maximum Gasteiger partial charge on any atom is 0.291 e. The van der Waals surface area contributed by atoms with E-state index in [1.807, 2.05) is 32.0 Å². The van der Waals surface area contributed by atoms with E-state index in [-0.39, 0.29) is 11.7 Å². The molecule has 0 spiro atoms. The molecule has 0 aliphatic heterocycles. The fourth-order valence-corrected chi connectivity index (χ4v) is 3.81. The summed E-state index contributed by atoms with van der Waals surface area (Å²) >= 11 is 12.3. The smallest absolute Gasteiger partial charge is 0.291 e. The summed E-state index contributed by atoms with van der Waals surface area (Å²) in [6, 6.07) is 22.7. The Kier molecular flexibility index (Phi) is 5.67. The van der Waals surface area contributed by atoms with Gasteiger partial charge in [-0.3, -0.25) is 4.79 Å². The van der Waals surface area contributed by atoms with Crippen molar-refractivity contribution in [1.29, 1.82) is 0 Å². The van der Waals surface area contributed by atoms with Crippen molar-refractivity contribution in [1.82, 2.24) is 0 Å². The lowest BCUT2D eigenvalue weighted by Gasteiger charge is -2.13. The lowest BCUT2D eigenvalue weighted by atomic mass is 9.99. The Balaban J connectivity index is 1.59. The summed E-state index contributed by atoms with van der Waals surface area (Å²) in [5.41, 5.74) is 5.62. The number of amides is 1. The van der Waals surface area contributed by atoms with Gasteiger partial charge in [-0.05, 0) is 78.6 Å². The summed E-state index contributed by atoms with van der Waals surface area (Å²) in [5, 5.41) is 4.02. The number of anilines is 1. The van der Waals surface area contributed by atoms with Gasteiger partial charge in [-0.2, -0.15) is 0 Å². The molecule has 1 aromatic heterocycles. The van der Waals surface area contributed by atoms with Gasteiger partial charge in [0.1, 0.15) is 5.76 Å². The SMILES string of the molecule is Cc1cc(-c2ccccc2)cc(C)c1NC(=O)c1ccc(-c2cc(Cl)ccc2Cl)o1. The summed E-state index contributed by atoms with van der Waals surface area (Å²) in [5.74, 6) is 0.366. The summed E-state index contributed by atoms with van der Waals surface area (Å²) in [7, 11) is 0. The topological polar surface area (TPSA) is 42.2 Å². The number of hydrogen-bond donors (Lipinski definition) is 1. The third-order valence-electron chi connectivity index (χ3n) is 4.90. The normalized spacial score (nSPS) is 10.8. The number of carbonyl (C=O) groups is 1. The van der Waals surface area contributed by atoms with Gasteiger partial charge in [0, 0.05) is 16.3 Å². The van der Waals surface area contributed by atoms with Gasteiger partial charge in [0.2, 0.25) is 0 Å². The molecule has 0 bridgehead atoms. The molecule has 0 aliphatic rings. The van der Waals surface area contributed by atoms with Crippen molar-refractivity contribution < 1.29 is 9.21 Å². The molecule has 0 saturated heterocycles. The summed E-state index contributed by atoms with van der Waals surface area (Å²) in [6.07, 6.45) is 0. The highest BCUT2D eigenvalue weighted by Gasteiger charge is 2.17. The number of nitrogens with one attached hydrogen (secondary N) is 1. The number of rotatable bonds is 4. The monoisotopic (exact) mass is 435 g/mol. The van der Waals surface area contributed by atoms with Crippen LogP contribution < -0.4 is 5.32 Å². The molecule has 150 valence electrons. The molecule has 1 N–H and O–H groups in total. The van der Waals surface area contributed by atoms with E-state index in [9.17, 15) is 4.79 Å². The Hall–Kier alpha value is -3.01. The van der Waals surface area contributed by atoms with E-state index in [0.717, 1.165) is 27.9 Å². The highest BCUT2D eigenvalue weighted by Crippen LogP contribution is 2.33. The molecule has 0 radical (unpaired) electrons. The van der Waals surface area contributed by atoms with Crippen molar-refractivity contribution in [2.24, 2.45) is 0 Å². The van der Waals surface area contributed by atoms with Crippen LogP contribution in [0.5, 0.6) is 0 Å². The fraction of sp³-hybridized carbons (Fsp3) is 0.0800. The second kappa shape index (κ2) is 8.39. The van der Waals surface area contributed by atoms with Crippen LogP contribution in [0.1, 0.15) is 21.7 Å². The molecule has 0 aliphatic carbocycles. The third kappa shape index (κ3) is 4.13. The number of aryl methyl sites for hydroxylation is 2. The molecule has 1 heterocycles. The average Bonchev–Trinajstić information content (AvgIpc) is 3.23. The Morgan fingerprint density at radius 2 is 1.53 bits per heavy atom. The van der Waals surface area contributed by atoms with Gasteiger partial charge in [-0.1, -0.05) is 53.5 Å². The van der Waals surface area contributed by atoms with E-state index < -0.39 is 0 Å². The first kappa shape index (κ1) is 20.3. The minimum absolute atomic E-state index is 0.201. The van der Waals surface area contributed by atoms with Crippen LogP contribution in [-0.4, -0.2) is 5.91 Å². The third-order valence-corrected chi connectivity index (χ3v) is 5.47. The van der Waals surface area contributed by atoms with E-state index in [1.165, 1.54) is 0 Å². The van der Waals surface area contributed by atoms with Crippen LogP contribution in [0.15, 0.2) is 77.2 Å². The number of halogens is 2. The van der Waals surface area contributed by atoms with Crippen LogP contribution in [0.25, 0.3) is 22.5 Å². The first-order valence-corrected chi connectivity index (χ1v) is 10.2. The van der Waals surface area contributed by atoms with Crippen molar-refractivity contribution in [3.63, 3.8) is 0 Å². The molecule has 4 rings (SSSR count). The molecule has 0 atom stereocenters. The van der Waals surface area contributed by atoms with E-state index in [1.54, 1.807) is 30.3 Å². The lowest BCUT2D eigenvalue weighted by molar-refractivity contribution is 0.0997. The molecule has 0 unspecified atom stereocenters. The standard InChI is InChI=1S/C25H19Cl2NO2/c1-15-12-18(17-6-4-3-5-7-17)13-16(2)24(15)28-25(29)23-11-10-22(30-23)20-14-19(26)8-9-21(20)27/h3-14H,1-2H3,(H,28,29). The molecule has 0 fully saturated rings. The molecule has 1 amide bonds. The zero-order valence-corrected chi connectivity index (χ0v) is 18.0. The summed E-state index contributed by atoms with van der Waals surface area (Å²) in [4.78, 5) is 12.8. The molecular weight excluding hydrogens is 417 g/mol. The van der Waals surface area contributed by atoms with Gasteiger partial charge in [-0.25, -0.2) is 0 Å². The number of hydrogen-bond acceptors (Lipinski definition) is 2. The number of furan rings is 1. The van der Waals surface area contributed by atoms with Crippen molar-refractivity contribution in [2.75, 3.05) is 5.32 Å². The van der Waals surface area contributed by atoms with Gasteiger partial charge in [0.05, 0.1) is 5.02 Å². The van der Waals surface area contributed by atoms with Crippen molar-refractivity contribution >= 4 is 34.8 Å². The highest BCUT2D eigenvalue weighted by molar-refractivity contribution is 6.35. The largest absolute Gasteiger partial charge is 0.451 e. The van der Waals surface area contributed by atoms with Crippen LogP contribution in [0.2, 0.25) is 10.0 Å². The van der Waals surface area contributed by atoms with Crippen LogP contribution >= 0.6 is 23.2 Å². The molecular formula is C25H19Cl2NO2. The van der Waals surface area contributed by atoms with Crippen LogP contribution in [0.3, 0.4) is 0 Å². The summed E-state index contributed by atoms with van der Waals surface area (Å²) < 4.78 is 5.76. The van der Waals surface area contributed by atoms with Crippen LogP contribution in [-0.2, 0) is 0 Å².